The average molecular weight is 328 g/mol. The van der Waals surface area contributed by atoms with E-state index < -0.39 is 11.3 Å². The van der Waals surface area contributed by atoms with Crippen molar-refractivity contribution in [1.29, 1.82) is 0 Å². The maximum Gasteiger partial charge on any atom is 0.324 e. The van der Waals surface area contributed by atoms with E-state index in [0.29, 0.717) is 13.0 Å². The second kappa shape index (κ2) is 8.98. The number of hydrogen-bond donors (Lipinski definition) is 0. The lowest BCUT2D eigenvalue weighted by atomic mass is 10.1. The monoisotopic (exact) mass is 327 g/mol. The van der Waals surface area contributed by atoms with Crippen LogP contribution >= 0.6 is 11.6 Å². The normalized spacial score (nSPS) is 17.0. The number of esters is 1. The van der Waals surface area contributed by atoms with Gasteiger partial charge in [0.05, 0.1) is 20.3 Å². The second-order valence-corrected chi connectivity index (χ2v) is 5.67. The number of morpholine rings is 1. The Kier molecular flexibility index (Phi) is 6.96. The van der Waals surface area contributed by atoms with E-state index in [1.54, 1.807) is 0 Å². The highest BCUT2D eigenvalue weighted by atomic mass is 35.5. The molecule has 22 heavy (non-hydrogen) atoms. The van der Waals surface area contributed by atoms with Crippen molar-refractivity contribution < 1.29 is 19.0 Å². The molecule has 0 N–H and O–H groups in total. The van der Waals surface area contributed by atoms with E-state index in [2.05, 4.69) is 9.64 Å². The minimum Gasteiger partial charge on any atom is -0.492 e. The van der Waals surface area contributed by atoms with Crippen LogP contribution in [0.1, 0.15) is 5.56 Å². The molecule has 1 aliphatic rings. The minimum atomic E-state index is -0.655. The average Bonchev–Trinajstić information content (AvgIpc) is 2.56. The summed E-state index contributed by atoms with van der Waals surface area (Å²) in [7, 11) is 1.34. The lowest BCUT2D eigenvalue weighted by Gasteiger charge is -2.26. The highest BCUT2D eigenvalue weighted by Crippen LogP contribution is 2.15. The summed E-state index contributed by atoms with van der Waals surface area (Å²) < 4.78 is 15.6. The molecule has 0 spiro atoms. The van der Waals surface area contributed by atoms with Gasteiger partial charge in [0.2, 0.25) is 0 Å². The quantitative estimate of drug-likeness (QED) is 0.564. The molecule has 0 aliphatic carbocycles. The molecule has 1 atom stereocenters. The minimum absolute atomic E-state index is 0.410. The number of methoxy groups -OCH3 is 1. The van der Waals surface area contributed by atoms with Crippen LogP contribution in [0.3, 0.4) is 0 Å². The van der Waals surface area contributed by atoms with Crippen molar-refractivity contribution in [2.24, 2.45) is 0 Å². The Morgan fingerprint density at radius 2 is 2.00 bits per heavy atom. The smallest absolute Gasteiger partial charge is 0.324 e. The van der Waals surface area contributed by atoms with Crippen LogP contribution < -0.4 is 4.74 Å². The number of ether oxygens (including phenoxy) is 3. The fraction of sp³-hybridized carbons (Fsp3) is 0.562. The first-order valence-corrected chi connectivity index (χ1v) is 7.86. The third kappa shape index (κ3) is 5.48. The van der Waals surface area contributed by atoms with Gasteiger partial charge in [-0.2, -0.15) is 0 Å². The Morgan fingerprint density at radius 1 is 1.32 bits per heavy atom. The van der Waals surface area contributed by atoms with Gasteiger partial charge >= 0.3 is 5.97 Å². The Morgan fingerprint density at radius 3 is 2.64 bits per heavy atom. The van der Waals surface area contributed by atoms with Gasteiger partial charge in [0, 0.05) is 19.6 Å². The van der Waals surface area contributed by atoms with Gasteiger partial charge in [-0.15, -0.1) is 11.6 Å². The van der Waals surface area contributed by atoms with Gasteiger partial charge < -0.3 is 14.2 Å². The lowest BCUT2D eigenvalue weighted by molar-refractivity contribution is -0.140. The number of alkyl halides is 1. The molecule has 1 fully saturated rings. The molecular formula is C16H22ClNO4. The Bertz CT molecular complexity index is 460. The molecule has 1 aromatic carbocycles. The summed E-state index contributed by atoms with van der Waals surface area (Å²) in [5.74, 6) is 0.411. The van der Waals surface area contributed by atoms with Crippen molar-refractivity contribution in [1.82, 2.24) is 4.90 Å². The lowest BCUT2D eigenvalue weighted by Crippen LogP contribution is -2.38. The zero-order valence-corrected chi connectivity index (χ0v) is 13.6. The Hall–Kier alpha value is -1.30. The molecule has 122 valence electrons. The molecule has 0 radical (unpaired) electrons. The van der Waals surface area contributed by atoms with Crippen molar-refractivity contribution in [2.75, 3.05) is 46.6 Å². The number of nitrogens with zero attached hydrogens (tertiary/aromatic N) is 1. The first-order valence-electron chi connectivity index (χ1n) is 7.43. The van der Waals surface area contributed by atoms with E-state index in [0.717, 1.165) is 44.2 Å². The molecule has 2 rings (SSSR count). The standard InChI is InChI=1S/C16H22ClNO4/c1-20-16(19)15(17)12-13-2-4-14(5-3-13)22-11-8-18-6-9-21-10-7-18/h2-5,15H,6-12H2,1H3. The summed E-state index contributed by atoms with van der Waals surface area (Å²) in [5, 5.41) is -0.655. The summed E-state index contributed by atoms with van der Waals surface area (Å²) in [6.07, 6.45) is 0.447. The summed E-state index contributed by atoms with van der Waals surface area (Å²) >= 11 is 5.95. The third-order valence-electron chi connectivity index (χ3n) is 3.58. The molecule has 1 heterocycles. The zero-order chi connectivity index (χ0) is 15.8. The number of benzene rings is 1. The van der Waals surface area contributed by atoms with Gasteiger partial charge in [-0.1, -0.05) is 12.1 Å². The topological polar surface area (TPSA) is 48.0 Å². The third-order valence-corrected chi connectivity index (χ3v) is 3.91. The summed E-state index contributed by atoms with van der Waals surface area (Å²) in [6.45, 7) is 5.08. The highest BCUT2D eigenvalue weighted by Gasteiger charge is 2.16. The Labute approximate surface area is 136 Å². The van der Waals surface area contributed by atoms with Crippen molar-refractivity contribution >= 4 is 17.6 Å². The zero-order valence-electron chi connectivity index (χ0n) is 12.8. The summed E-state index contributed by atoms with van der Waals surface area (Å²) in [4.78, 5) is 13.6. The van der Waals surface area contributed by atoms with Crippen molar-refractivity contribution in [3.05, 3.63) is 29.8 Å². The van der Waals surface area contributed by atoms with Crippen LogP contribution in [0.5, 0.6) is 5.75 Å². The number of carbonyl (C=O) groups is 1. The largest absolute Gasteiger partial charge is 0.492 e. The molecule has 0 aromatic heterocycles. The van der Waals surface area contributed by atoms with Crippen molar-refractivity contribution in [2.45, 2.75) is 11.8 Å². The molecule has 1 aromatic rings. The second-order valence-electron chi connectivity index (χ2n) is 5.14. The number of hydrogen-bond acceptors (Lipinski definition) is 5. The van der Waals surface area contributed by atoms with Gasteiger partial charge in [-0.25, -0.2) is 0 Å². The van der Waals surface area contributed by atoms with E-state index >= 15 is 0 Å². The van der Waals surface area contributed by atoms with Crippen LogP contribution in [0.4, 0.5) is 0 Å². The van der Waals surface area contributed by atoms with E-state index in [4.69, 9.17) is 21.1 Å². The van der Waals surface area contributed by atoms with E-state index in [9.17, 15) is 4.79 Å². The first-order chi connectivity index (χ1) is 10.7. The first kappa shape index (κ1) is 17.1. The van der Waals surface area contributed by atoms with Crippen molar-refractivity contribution in [3.63, 3.8) is 0 Å². The van der Waals surface area contributed by atoms with Crippen LogP contribution in [0.2, 0.25) is 0 Å². The van der Waals surface area contributed by atoms with Gasteiger partial charge in [0.25, 0.3) is 0 Å². The van der Waals surface area contributed by atoms with E-state index in [1.165, 1.54) is 7.11 Å². The van der Waals surface area contributed by atoms with E-state index in [-0.39, 0.29) is 0 Å². The predicted octanol–water partition coefficient (Wildman–Crippen LogP) is 1.72. The number of carbonyl (C=O) groups excluding carboxylic acids is 1. The summed E-state index contributed by atoms with van der Waals surface area (Å²) in [6, 6.07) is 7.63. The molecule has 0 bridgehead atoms. The summed E-state index contributed by atoms with van der Waals surface area (Å²) in [5.41, 5.74) is 0.978. The fourth-order valence-corrected chi connectivity index (χ4v) is 2.52. The van der Waals surface area contributed by atoms with Crippen molar-refractivity contribution in [3.8, 4) is 5.75 Å². The van der Waals surface area contributed by atoms with Crippen LogP contribution in [0.15, 0.2) is 24.3 Å². The van der Waals surface area contributed by atoms with Gasteiger partial charge in [-0.05, 0) is 24.1 Å². The molecule has 6 heteroatoms. The molecule has 0 amide bonds. The van der Waals surface area contributed by atoms with Gasteiger partial charge in [0.15, 0.2) is 0 Å². The molecular weight excluding hydrogens is 306 g/mol. The van der Waals surface area contributed by atoms with Crippen LogP contribution in [0.25, 0.3) is 0 Å². The van der Waals surface area contributed by atoms with Crippen LogP contribution in [-0.4, -0.2) is 62.8 Å². The maximum atomic E-state index is 11.3. The SMILES string of the molecule is COC(=O)C(Cl)Cc1ccc(OCCN2CCOCC2)cc1. The molecule has 5 nitrogen and oxygen atoms in total. The van der Waals surface area contributed by atoms with Gasteiger partial charge in [0.1, 0.15) is 17.7 Å². The van der Waals surface area contributed by atoms with E-state index in [1.807, 2.05) is 24.3 Å². The molecule has 0 saturated carbocycles. The molecule has 1 aliphatic heterocycles. The maximum absolute atomic E-state index is 11.3. The predicted molar refractivity (Wildman–Crippen MR) is 84.6 cm³/mol. The molecule has 1 unspecified atom stereocenters. The Balaban J connectivity index is 1.73. The van der Waals surface area contributed by atoms with Crippen LogP contribution in [-0.2, 0) is 20.7 Å². The van der Waals surface area contributed by atoms with Gasteiger partial charge in [-0.3, -0.25) is 9.69 Å². The molecule has 1 saturated heterocycles. The number of rotatable bonds is 7. The van der Waals surface area contributed by atoms with Crippen LogP contribution in [0, 0.1) is 0 Å². The number of halogens is 1. The highest BCUT2D eigenvalue weighted by molar-refractivity contribution is 6.30. The fourth-order valence-electron chi connectivity index (χ4n) is 2.26.